The first-order chi connectivity index (χ1) is 13.8. The van der Waals surface area contributed by atoms with Gasteiger partial charge in [0.15, 0.2) is 5.82 Å². The van der Waals surface area contributed by atoms with Crippen molar-refractivity contribution in [1.82, 2.24) is 25.2 Å². The van der Waals surface area contributed by atoms with Crippen molar-refractivity contribution < 1.29 is 24.7 Å². The lowest BCUT2D eigenvalue weighted by molar-refractivity contribution is -0.384. The molecule has 1 unspecified atom stereocenters. The quantitative estimate of drug-likeness (QED) is 0.366. The molecule has 0 bridgehead atoms. The van der Waals surface area contributed by atoms with E-state index in [4.69, 9.17) is 19.8 Å². The molecule has 1 saturated heterocycles. The Hall–Kier alpha value is -3.61. The molecule has 1 aliphatic heterocycles. The maximum Gasteiger partial charge on any atom is 0.414 e. The number of nitro benzene ring substituents is 1. The van der Waals surface area contributed by atoms with Gasteiger partial charge in [0.2, 0.25) is 0 Å². The van der Waals surface area contributed by atoms with Crippen LogP contribution < -0.4 is 5.43 Å². The molecular weight excluding hydrogens is 386 g/mol. The third-order valence-corrected chi connectivity index (χ3v) is 4.29. The molecule has 13 heteroatoms. The fraction of sp³-hybridized carbons (Fsp3) is 0.438. The van der Waals surface area contributed by atoms with Gasteiger partial charge < -0.3 is 10.2 Å². The zero-order valence-corrected chi connectivity index (χ0v) is 15.6. The predicted octanol–water partition coefficient (Wildman–Crippen LogP) is 0.986. The Kier molecular flexibility index (Phi) is 7.54. The lowest BCUT2D eigenvalue weighted by Gasteiger charge is -2.32. The first-order valence-corrected chi connectivity index (χ1v) is 8.77. The number of nitro groups is 1. The Morgan fingerprint density at radius 1 is 1.31 bits per heavy atom. The summed E-state index contributed by atoms with van der Waals surface area (Å²) in [5.74, 6) is -2.96. The Balaban J connectivity index is 0.000000438. The first-order valence-electron chi connectivity index (χ1n) is 8.77. The molecule has 1 aromatic carbocycles. The van der Waals surface area contributed by atoms with Crippen LogP contribution in [-0.2, 0) is 16.1 Å². The molecule has 13 nitrogen and oxygen atoms in total. The average molecular weight is 407 g/mol. The second-order valence-corrected chi connectivity index (χ2v) is 6.35. The topological polar surface area (TPSA) is 177 Å². The van der Waals surface area contributed by atoms with Gasteiger partial charge in [-0.3, -0.25) is 20.4 Å². The largest absolute Gasteiger partial charge is 0.473 e. The van der Waals surface area contributed by atoms with Gasteiger partial charge in [0.25, 0.3) is 5.69 Å². The molecular formula is C16H21N7O6. The maximum absolute atomic E-state index is 10.8. The van der Waals surface area contributed by atoms with E-state index in [9.17, 15) is 10.1 Å². The van der Waals surface area contributed by atoms with Crippen LogP contribution >= 0.6 is 0 Å². The van der Waals surface area contributed by atoms with Crippen LogP contribution in [0.3, 0.4) is 0 Å². The van der Waals surface area contributed by atoms with Gasteiger partial charge in [-0.05, 0) is 42.8 Å². The van der Waals surface area contributed by atoms with Crippen LogP contribution in [0.25, 0.3) is 0 Å². The Morgan fingerprint density at radius 2 is 2.03 bits per heavy atom. The van der Waals surface area contributed by atoms with Crippen molar-refractivity contribution in [2.24, 2.45) is 0 Å². The fourth-order valence-electron chi connectivity index (χ4n) is 2.78. The number of likely N-dealkylation sites (tertiary alicyclic amines) is 1. The number of hydrogen-bond donors (Lipinski definition) is 3. The van der Waals surface area contributed by atoms with Crippen LogP contribution in [0.15, 0.2) is 24.3 Å². The lowest BCUT2D eigenvalue weighted by atomic mass is 10.0. The van der Waals surface area contributed by atoms with E-state index in [0.717, 1.165) is 6.54 Å². The highest BCUT2D eigenvalue weighted by Gasteiger charge is 2.21. The van der Waals surface area contributed by atoms with Crippen molar-refractivity contribution in [3.63, 3.8) is 0 Å². The normalized spacial score (nSPS) is 16.4. The van der Waals surface area contributed by atoms with Crippen molar-refractivity contribution in [2.75, 3.05) is 12.0 Å². The number of anilines is 1. The highest BCUT2D eigenvalue weighted by molar-refractivity contribution is 6.27. The summed E-state index contributed by atoms with van der Waals surface area (Å²) < 4.78 is 0. The molecule has 156 valence electrons. The number of piperidine rings is 1. The SMILES string of the molecule is CC1CCCCN1Cc1nnnn1Nc1cccc([N+](=O)[O-])c1.O=C(O)C(=O)O. The van der Waals surface area contributed by atoms with Crippen molar-refractivity contribution in [1.29, 1.82) is 0 Å². The molecule has 1 aliphatic rings. The van der Waals surface area contributed by atoms with Gasteiger partial charge in [0.05, 0.1) is 17.2 Å². The second kappa shape index (κ2) is 10.1. The number of non-ortho nitro benzene ring substituents is 1. The van der Waals surface area contributed by atoms with Crippen molar-refractivity contribution in [3.05, 3.63) is 40.2 Å². The molecule has 0 saturated carbocycles. The number of aromatic nitrogens is 4. The van der Waals surface area contributed by atoms with Crippen molar-refractivity contribution in [2.45, 2.75) is 38.8 Å². The number of carboxylic acid groups (broad SMARTS) is 2. The number of tetrazole rings is 1. The molecule has 1 atom stereocenters. The van der Waals surface area contributed by atoms with Crippen LogP contribution in [0.1, 0.15) is 32.0 Å². The molecule has 1 aromatic heterocycles. The number of aliphatic carboxylic acids is 2. The molecule has 0 radical (unpaired) electrons. The van der Waals surface area contributed by atoms with Crippen molar-refractivity contribution >= 4 is 23.3 Å². The highest BCUT2D eigenvalue weighted by Crippen LogP contribution is 2.19. The van der Waals surface area contributed by atoms with E-state index in [1.165, 1.54) is 36.2 Å². The monoisotopic (exact) mass is 407 g/mol. The van der Waals surface area contributed by atoms with Gasteiger partial charge in [0.1, 0.15) is 0 Å². The number of hydrogen-bond acceptors (Lipinski definition) is 9. The third kappa shape index (κ3) is 6.49. The summed E-state index contributed by atoms with van der Waals surface area (Å²) in [4.78, 5) is 32.4. The summed E-state index contributed by atoms with van der Waals surface area (Å²) in [6, 6.07) is 6.77. The summed E-state index contributed by atoms with van der Waals surface area (Å²) in [7, 11) is 0. The third-order valence-electron chi connectivity index (χ3n) is 4.29. The molecule has 2 heterocycles. The second-order valence-electron chi connectivity index (χ2n) is 6.35. The minimum Gasteiger partial charge on any atom is -0.473 e. The molecule has 29 heavy (non-hydrogen) atoms. The van der Waals surface area contributed by atoms with Gasteiger partial charge in [-0.15, -0.1) is 9.89 Å². The summed E-state index contributed by atoms with van der Waals surface area (Å²) >= 11 is 0. The molecule has 2 aromatic rings. The zero-order valence-electron chi connectivity index (χ0n) is 15.6. The smallest absolute Gasteiger partial charge is 0.414 e. The van der Waals surface area contributed by atoms with Crippen LogP contribution in [0.2, 0.25) is 0 Å². The number of rotatable bonds is 5. The van der Waals surface area contributed by atoms with Gasteiger partial charge in [-0.25, -0.2) is 9.59 Å². The van der Waals surface area contributed by atoms with Crippen LogP contribution in [0.4, 0.5) is 11.4 Å². The Labute approximate surface area is 165 Å². The summed E-state index contributed by atoms with van der Waals surface area (Å²) in [5, 5.41) is 37.3. The summed E-state index contributed by atoms with van der Waals surface area (Å²) in [5.41, 5.74) is 3.59. The number of nitrogens with one attached hydrogen (secondary N) is 1. The lowest BCUT2D eigenvalue weighted by Crippen LogP contribution is -2.38. The number of nitrogens with zero attached hydrogens (tertiary/aromatic N) is 6. The molecule has 3 rings (SSSR count). The van der Waals surface area contributed by atoms with Gasteiger partial charge in [0, 0.05) is 18.2 Å². The molecule has 0 spiro atoms. The highest BCUT2D eigenvalue weighted by atomic mass is 16.6. The van der Waals surface area contributed by atoms with E-state index >= 15 is 0 Å². The van der Waals surface area contributed by atoms with E-state index in [0.29, 0.717) is 24.1 Å². The summed E-state index contributed by atoms with van der Waals surface area (Å²) in [6.07, 6.45) is 3.62. The van der Waals surface area contributed by atoms with Gasteiger partial charge in [-0.2, -0.15) is 0 Å². The fourth-order valence-corrected chi connectivity index (χ4v) is 2.78. The van der Waals surface area contributed by atoms with Crippen LogP contribution in [0, 0.1) is 10.1 Å². The zero-order chi connectivity index (χ0) is 21.4. The minimum absolute atomic E-state index is 0.0225. The molecule has 1 fully saturated rings. The number of carbonyl (C=O) groups is 2. The van der Waals surface area contributed by atoms with Crippen molar-refractivity contribution in [3.8, 4) is 0 Å². The van der Waals surface area contributed by atoms with Gasteiger partial charge in [-0.1, -0.05) is 12.5 Å². The van der Waals surface area contributed by atoms with Crippen LogP contribution in [-0.4, -0.2) is 64.9 Å². The van der Waals surface area contributed by atoms with Gasteiger partial charge >= 0.3 is 11.9 Å². The molecule has 0 aliphatic carbocycles. The van der Waals surface area contributed by atoms with E-state index < -0.39 is 16.9 Å². The maximum atomic E-state index is 10.8. The standard InChI is InChI=1S/C14H19N7O2.C2H2O4/c1-11-5-2-3-8-19(11)10-14-15-17-18-20(14)16-12-6-4-7-13(9-12)21(22)23;3-1(4)2(5)6/h4,6-7,9,11,16H,2-3,5,8,10H2,1H3;(H,3,4)(H,5,6). The summed E-state index contributed by atoms with van der Waals surface area (Å²) in [6.45, 7) is 3.89. The Morgan fingerprint density at radius 3 is 2.66 bits per heavy atom. The number of benzene rings is 1. The predicted molar refractivity (Wildman–Crippen MR) is 98.9 cm³/mol. The average Bonchev–Trinajstić information content (AvgIpc) is 3.11. The first kappa shape index (κ1) is 21.7. The van der Waals surface area contributed by atoms with E-state index in [2.05, 4.69) is 32.8 Å². The van der Waals surface area contributed by atoms with Crippen LogP contribution in [0.5, 0.6) is 0 Å². The van der Waals surface area contributed by atoms with E-state index in [1.807, 2.05) is 0 Å². The minimum atomic E-state index is -1.82. The molecule has 0 amide bonds. The number of carboxylic acids is 2. The molecule has 3 N–H and O–H groups in total. The van der Waals surface area contributed by atoms with E-state index in [1.54, 1.807) is 12.1 Å². The Bertz CT molecular complexity index is 859. The van der Waals surface area contributed by atoms with E-state index in [-0.39, 0.29) is 5.69 Å².